The highest BCUT2D eigenvalue weighted by molar-refractivity contribution is 6.33. The number of carbonyl (C=O) groups is 2. The summed E-state index contributed by atoms with van der Waals surface area (Å²) in [5.74, 6) is -0.230. The maximum absolute atomic E-state index is 14.0. The van der Waals surface area contributed by atoms with Crippen molar-refractivity contribution in [3.05, 3.63) is 63.6 Å². The van der Waals surface area contributed by atoms with Crippen molar-refractivity contribution < 1.29 is 19.1 Å². The van der Waals surface area contributed by atoms with Crippen molar-refractivity contribution in [2.45, 2.75) is 84.8 Å². The van der Waals surface area contributed by atoms with Crippen molar-refractivity contribution in [2.75, 3.05) is 24.5 Å². The molecule has 0 aliphatic carbocycles. The number of hydrogen-bond donors (Lipinski definition) is 1. The number of aryl methyl sites for hydroxylation is 1. The Balaban J connectivity index is 1.93. The van der Waals surface area contributed by atoms with Crippen LogP contribution in [0.5, 0.6) is 0 Å². The first kappa shape index (κ1) is 31.1. The highest BCUT2D eigenvalue weighted by atomic mass is 35.5. The summed E-state index contributed by atoms with van der Waals surface area (Å²) in [7, 11) is 0. The Bertz CT molecular complexity index is 1160. The van der Waals surface area contributed by atoms with Gasteiger partial charge < -0.3 is 24.6 Å². The van der Waals surface area contributed by atoms with Crippen LogP contribution in [0.1, 0.15) is 65.6 Å². The van der Waals surface area contributed by atoms with Crippen LogP contribution in [0.3, 0.4) is 0 Å². The summed E-state index contributed by atoms with van der Waals surface area (Å²) in [6, 6.07) is 12.5. The maximum atomic E-state index is 14.0. The fourth-order valence-corrected chi connectivity index (χ4v) is 5.19. The normalized spacial score (nSPS) is 17.9. The largest absolute Gasteiger partial charge is 0.444 e. The predicted molar refractivity (Wildman–Crippen MR) is 158 cm³/mol. The van der Waals surface area contributed by atoms with Gasteiger partial charge in [0.25, 0.3) is 0 Å². The van der Waals surface area contributed by atoms with Gasteiger partial charge in [0.2, 0.25) is 5.91 Å². The second-order valence-corrected chi connectivity index (χ2v) is 12.9. The van der Waals surface area contributed by atoms with Crippen molar-refractivity contribution in [2.24, 2.45) is 0 Å². The Kier molecular flexibility index (Phi) is 9.84. The van der Waals surface area contributed by atoms with Crippen molar-refractivity contribution in [1.82, 2.24) is 10.2 Å². The Morgan fingerprint density at radius 3 is 2.18 bits per heavy atom. The molecule has 0 spiro atoms. The smallest absolute Gasteiger partial charge is 0.408 e. The third kappa shape index (κ3) is 8.75. The molecule has 1 heterocycles. The van der Waals surface area contributed by atoms with E-state index in [2.05, 4.69) is 10.2 Å². The van der Waals surface area contributed by atoms with Crippen molar-refractivity contribution in [3.8, 4) is 0 Å². The average Bonchev–Trinajstić information content (AvgIpc) is 2.80. The molecule has 7 nitrogen and oxygen atoms in total. The highest BCUT2D eigenvalue weighted by Crippen LogP contribution is 2.36. The number of rotatable bonds is 6. The third-order valence-corrected chi connectivity index (χ3v) is 6.86. The van der Waals surface area contributed by atoms with Gasteiger partial charge in [0.05, 0.1) is 28.5 Å². The number of benzene rings is 2. The van der Waals surface area contributed by atoms with Gasteiger partial charge in [-0.15, -0.1) is 0 Å². The quantitative estimate of drug-likeness (QED) is 0.409. The number of halogens is 2. The second-order valence-electron chi connectivity index (χ2n) is 12.1. The number of piperazine rings is 1. The zero-order chi connectivity index (χ0) is 29.1. The van der Waals surface area contributed by atoms with E-state index >= 15 is 0 Å². The summed E-state index contributed by atoms with van der Waals surface area (Å²) in [6.45, 7) is 16.3. The molecule has 39 heavy (non-hydrogen) atoms. The van der Waals surface area contributed by atoms with E-state index in [9.17, 15) is 9.59 Å². The number of ether oxygens (including phenoxy) is 2. The molecular weight excluding hydrogens is 537 g/mol. The molecule has 1 aliphatic heterocycles. The number of nitrogens with zero attached hydrogens (tertiary/aromatic N) is 2. The molecule has 9 heteroatoms. The first-order valence-electron chi connectivity index (χ1n) is 13.3. The third-order valence-electron chi connectivity index (χ3n) is 6.31. The molecule has 1 aliphatic rings. The summed E-state index contributed by atoms with van der Waals surface area (Å²) in [6.07, 6.45) is -1.26. The minimum Gasteiger partial charge on any atom is -0.444 e. The first-order chi connectivity index (χ1) is 18.0. The Morgan fingerprint density at radius 2 is 1.62 bits per heavy atom. The van der Waals surface area contributed by atoms with E-state index in [4.69, 9.17) is 32.7 Å². The molecule has 3 rings (SSSR count). The van der Waals surface area contributed by atoms with Crippen LogP contribution in [0.2, 0.25) is 10.0 Å². The van der Waals surface area contributed by atoms with E-state index < -0.39 is 29.4 Å². The molecule has 2 aromatic rings. The van der Waals surface area contributed by atoms with Gasteiger partial charge in [-0.05, 0) is 90.8 Å². The van der Waals surface area contributed by atoms with Crippen molar-refractivity contribution in [3.63, 3.8) is 0 Å². The predicted octanol–water partition coefficient (Wildman–Crippen LogP) is 6.79. The molecule has 0 saturated carbocycles. The minimum atomic E-state index is -0.931. The lowest BCUT2D eigenvalue weighted by Crippen LogP contribution is -2.60. The SMILES string of the molecule is Cc1ccc(N2CCN(C(=O)[C@@H](NC(=O)OC(C)(C)C)[C@@H](C)OC(C)(C)C)C[C@H]2c2ccc(Cl)cc2)c(Cl)c1. The standard InChI is InChI=1S/C30H41Cl2N3O4/c1-19-9-14-24(23(32)17-19)35-16-15-34(18-25(35)21-10-12-22(31)13-11-21)27(36)26(20(2)38-29(3,4)5)33-28(37)39-30(6,7)8/h9-14,17,20,25-26H,15-16,18H2,1-8H3,(H,33,37)/t20-,25+,26+/m1/s1. The molecule has 1 fully saturated rings. The Labute approximate surface area is 242 Å². The van der Waals surface area contributed by atoms with Crippen LogP contribution in [0, 0.1) is 6.92 Å². The fraction of sp³-hybridized carbons (Fsp3) is 0.533. The zero-order valence-corrected chi connectivity index (χ0v) is 25.7. The first-order valence-corrected chi connectivity index (χ1v) is 14.0. The van der Waals surface area contributed by atoms with Gasteiger partial charge in [0, 0.05) is 24.7 Å². The lowest BCUT2D eigenvalue weighted by atomic mass is 9.99. The molecule has 2 amide bonds. The molecular formula is C30H41Cl2N3O4. The molecule has 0 bridgehead atoms. The molecule has 1 N–H and O–H groups in total. The van der Waals surface area contributed by atoms with E-state index in [1.807, 2.05) is 70.2 Å². The van der Waals surface area contributed by atoms with Crippen LogP contribution in [0.4, 0.5) is 10.5 Å². The van der Waals surface area contributed by atoms with E-state index in [1.165, 1.54) is 0 Å². The number of anilines is 1. The lowest BCUT2D eigenvalue weighted by Gasteiger charge is -2.45. The van der Waals surface area contributed by atoms with Crippen LogP contribution in [-0.4, -0.2) is 59.9 Å². The summed E-state index contributed by atoms with van der Waals surface area (Å²) in [5.41, 5.74) is 1.76. The number of nitrogens with one attached hydrogen (secondary N) is 1. The Hall–Kier alpha value is -2.48. The molecule has 2 aromatic carbocycles. The van der Waals surface area contributed by atoms with Crippen LogP contribution >= 0.6 is 23.2 Å². The van der Waals surface area contributed by atoms with E-state index in [1.54, 1.807) is 32.6 Å². The molecule has 1 saturated heterocycles. The summed E-state index contributed by atoms with van der Waals surface area (Å²) in [5, 5.41) is 4.08. The van der Waals surface area contributed by atoms with Crippen molar-refractivity contribution in [1.29, 1.82) is 0 Å². The van der Waals surface area contributed by atoms with E-state index in [0.29, 0.717) is 29.7 Å². The average molecular weight is 579 g/mol. The number of alkyl carbamates (subject to hydrolysis) is 1. The highest BCUT2D eigenvalue weighted by Gasteiger charge is 2.39. The topological polar surface area (TPSA) is 71.1 Å². The fourth-order valence-electron chi connectivity index (χ4n) is 4.72. The summed E-state index contributed by atoms with van der Waals surface area (Å²) in [4.78, 5) is 30.8. The maximum Gasteiger partial charge on any atom is 0.408 e. The molecule has 0 unspecified atom stereocenters. The minimum absolute atomic E-state index is 0.179. The van der Waals surface area contributed by atoms with Gasteiger partial charge in [-0.25, -0.2) is 4.79 Å². The number of amides is 2. The van der Waals surface area contributed by atoms with Gasteiger partial charge in [-0.3, -0.25) is 4.79 Å². The van der Waals surface area contributed by atoms with Crippen LogP contribution in [0.25, 0.3) is 0 Å². The van der Waals surface area contributed by atoms with E-state index in [-0.39, 0.29) is 11.9 Å². The number of hydrogen-bond acceptors (Lipinski definition) is 5. The van der Waals surface area contributed by atoms with Gasteiger partial charge >= 0.3 is 6.09 Å². The van der Waals surface area contributed by atoms with Crippen molar-refractivity contribution >= 4 is 40.9 Å². The van der Waals surface area contributed by atoms with Gasteiger partial charge in [0.15, 0.2) is 0 Å². The second kappa shape index (κ2) is 12.4. The molecule has 3 atom stereocenters. The molecule has 0 radical (unpaired) electrons. The summed E-state index contributed by atoms with van der Waals surface area (Å²) < 4.78 is 11.6. The van der Waals surface area contributed by atoms with Crippen LogP contribution in [0.15, 0.2) is 42.5 Å². The monoisotopic (exact) mass is 577 g/mol. The van der Waals surface area contributed by atoms with Gasteiger partial charge in [-0.2, -0.15) is 0 Å². The van der Waals surface area contributed by atoms with E-state index in [0.717, 1.165) is 16.8 Å². The van der Waals surface area contributed by atoms with Gasteiger partial charge in [0.1, 0.15) is 11.6 Å². The van der Waals surface area contributed by atoms with Crippen LogP contribution in [-0.2, 0) is 14.3 Å². The van der Waals surface area contributed by atoms with Gasteiger partial charge in [-0.1, -0.05) is 41.4 Å². The summed E-state index contributed by atoms with van der Waals surface area (Å²) >= 11 is 12.9. The number of carbonyl (C=O) groups excluding carboxylic acids is 2. The zero-order valence-electron chi connectivity index (χ0n) is 24.2. The molecule has 214 valence electrons. The van der Waals surface area contributed by atoms with Crippen LogP contribution < -0.4 is 10.2 Å². The molecule has 0 aromatic heterocycles. The lowest BCUT2D eigenvalue weighted by molar-refractivity contribution is -0.142. The Morgan fingerprint density at radius 1 is 0.974 bits per heavy atom.